The Morgan fingerprint density at radius 2 is 2.40 bits per heavy atom. The van der Waals surface area contributed by atoms with Crippen molar-refractivity contribution < 1.29 is 13.9 Å². The molecule has 1 aromatic rings. The quantitative estimate of drug-likeness (QED) is 0.616. The van der Waals surface area contributed by atoms with Crippen molar-refractivity contribution >= 4 is 17.7 Å². The van der Waals surface area contributed by atoms with E-state index in [1.807, 2.05) is 13.8 Å². The normalized spacial score (nSPS) is 19.4. The fourth-order valence-electron chi connectivity index (χ4n) is 2.28. The first kappa shape index (κ1) is 15.4. The van der Waals surface area contributed by atoms with Crippen molar-refractivity contribution in [3.63, 3.8) is 0 Å². The number of hydrogen-bond acceptors (Lipinski definition) is 6. The van der Waals surface area contributed by atoms with Crippen LogP contribution in [0.4, 0.5) is 0 Å². The summed E-state index contributed by atoms with van der Waals surface area (Å²) in [6.45, 7) is 5.88. The van der Waals surface area contributed by atoms with Gasteiger partial charge < -0.3 is 9.15 Å². The minimum atomic E-state index is -0.649. The number of esters is 1. The average molecular weight is 298 g/mol. The highest BCUT2D eigenvalue weighted by Crippen LogP contribution is 2.31. The van der Waals surface area contributed by atoms with E-state index in [4.69, 9.17) is 9.15 Å². The topological polar surface area (TPSA) is 64.4 Å². The third kappa shape index (κ3) is 3.99. The van der Waals surface area contributed by atoms with Crippen LogP contribution in [-0.2, 0) is 9.53 Å². The molecule has 0 bridgehead atoms. The van der Waals surface area contributed by atoms with Crippen LogP contribution in [-0.4, -0.2) is 34.9 Å². The molecule has 0 aromatic carbocycles. The minimum absolute atomic E-state index is 0.198. The van der Waals surface area contributed by atoms with Crippen LogP contribution >= 0.6 is 11.8 Å². The van der Waals surface area contributed by atoms with Gasteiger partial charge in [0.15, 0.2) is 0 Å². The molecule has 1 fully saturated rings. The van der Waals surface area contributed by atoms with E-state index >= 15 is 0 Å². The van der Waals surface area contributed by atoms with E-state index in [2.05, 4.69) is 17.2 Å². The Hall–Kier alpha value is -1.01. The molecule has 0 radical (unpaired) electrons. The Morgan fingerprint density at radius 1 is 1.70 bits per heavy atom. The first-order valence-electron chi connectivity index (χ1n) is 6.88. The Kier molecular flexibility index (Phi) is 4.75. The molecule has 1 aliphatic rings. The molecule has 2 unspecified atom stereocenters. The van der Waals surface area contributed by atoms with Gasteiger partial charge in [-0.3, -0.25) is 10.1 Å². The van der Waals surface area contributed by atoms with Gasteiger partial charge in [-0.05, 0) is 33.1 Å². The van der Waals surface area contributed by atoms with Gasteiger partial charge in [0.25, 0.3) is 5.22 Å². The highest BCUT2D eigenvalue weighted by Gasteiger charge is 2.40. The molecule has 0 aliphatic heterocycles. The monoisotopic (exact) mass is 298 g/mol. The number of aromatic nitrogens is 1. The second-order valence-corrected chi connectivity index (χ2v) is 7.02. The van der Waals surface area contributed by atoms with Gasteiger partial charge in [-0.15, -0.1) is 0 Å². The number of methoxy groups -OCH3 is 1. The molecule has 112 valence electrons. The van der Waals surface area contributed by atoms with E-state index in [0.29, 0.717) is 17.7 Å². The lowest BCUT2D eigenvalue weighted by molar-refractivity contribution is -0.148. The van der Waals surface area contributed by atoms with Crippen molar-refractivity contribution in [2.45, 2.75) is 62.1 Å². The summed E-state index contributed by atoms with van der Waals surface area (Å²) >= 11 is 1.54. The summed E-state index contributed by atoms with van der Waals surface area (Å²) in [5.74, 6) is -0.208. The van der Waals surface area contributed by atoms with Crippen molar-refractivity contribution in [1.82, 2.24) is 10.3 Å². The summed E-state index contributed by atoms with van der Waals surface area (Å²) in [7, 11) is 1.43. The van der Waals surface area contributed by atoms with Gasteiger partial charge in [0, 0.05) is 11.3 Å². The smallest absolute Gasteiger partial charge is 0.325 e. The molecule has 2 rings (SSSR count). The van der Waals surface area contributed by atoms with Crippen LogP contribution in [0.25, 0.3) is 0 Å². The fourth-order valence-corrected chi connectivity index (χ4v) is 3.34. The maximum absolute atomic E-state index is 12.1. The molecule has 1 heterocycles. The Bertz CT molecular complexity index is 473. The first-order chi connectivity index (χ1) is 9.43. The van der Waals surface area contributed by atoms with Crippen LogP contribution in [0.3, 0.4) is 0 Å². The third-order valence-electron chi connectivity index (χ3n) is 3.33. The molecule has 1 saturated carbocycles. The number of carbonyl (C=O) groups excluding carboxylic acids is 1. The summed E-state index contributed by atoms with van der Waals surface area (Å²) in [5.41, 5.74) is 0.218. The number of ether oxygens (including phenoxy) is 1. The maximum Gasteiger partial charge on any atom is 0.325 e. The van der Waals surface area contributed by atoms with E-state index in [0.717, 1.165) is 18.5 Å². The molecule has 0 saturated heterocycles. The lowest BCUT2D eigenvalue weighted by atomic mass is 9.96. The van der Waals surface area contributed by atoms with Crippen LogP contribution in [0.1, 0.15) is 38.8 Å². The number of nitrogens with zero attached hydrogens (tertiary/aromatic N) is 1. The van der Waals surface area contributed by atoms with Gasteiger partial charge in [0.05, 0.1) is 12.8 Å². The van der Waals surface area contributed by atoms with E-state index in [1.165, 1.54) is 7.11 Å². The zero-order chi connectivity index (χ0) is 14.8. The fraction of sp³-hybridized carbons (Fsp3) is 0.714. The number of oxazole rings is 1. The summed E-state index contributed by atoms with van der Waals surface area (Å²) in [4.78, 5) is 16.3. The summed E-state index contributed by atoms with van der Waals surface area (Å²) in [6.07, 6.45) is 4.57. The van der Waals surface area contributed by atoms with E-state index < -0.39 is 5.54 Å². The summed E-state index contributed by atoms with van der Waals surface area (Å²) in [5, 5.41) is 4.25. The van der Waals surface area contributed by atoms with E-state index in [9.17, 15) is 4.79 Å². The first-order valence-corrected chi connectivity index (χ1v) is 7.76. The van der Waals surface area contributed by atoms with Crippen molar-refractivity contribution in [3.8, 4) is 0 Å². The molecule has 0 amide bonds. The van der Waals surface area contributed by atoms with Crippen molar-refractivity contribution in [2.24, 2.45) is 0 Å². The summed E-state index contributed by atoms with van der Waals surface area (Å²) in [6, 6.07) is 0.445. The number of aryl methyl sites for hydroxylation is 1. The van der Waals surface area contributed by atoms with Gasteiger partial charge in [-0.25, -0.2) is 4.98 Å². The van der Waals surface area contributed by atoms with E-state index in [1.54, 1.807) is 18.0 Å². The number of thioether (sulfide) groups is 1. The number of nitrogens with one attached hydrogen (secondary N) is 1. The van der Waals surface area contributed by atoms with E-state index in [-0.39, 0.29) is 11.2 Å². The highest BCUT2D eigenvalue weighted by molar-refractivity contribution is 7.99. The predicted molar refractivity (Wildman–Crippen MR) is 77.8 cm³/mol. The predicted octanol–water partition coefficient (Wildman–Crippen LogP) is 2.54. The van der Waals surface area contributed by atoms with Crippen molar-refractivity contribution in [2.75, 3.05) is 7.11 Å². The van der Waals surface area contributed by atoms with Crippen molar-refractivity contribution in [3.05, 3.63) is 12.0 Å². The van der Waals surface area contributed by atoms with Gasteiger partial charge >= 0.3 is 5.97 Å². The van der Waals surface area contributed by atoms with Gasteiger partial charge in [0.2, 0.25) is 0 Å². The molecule has 1 aliphatic carbocycles. The van der Waals surface area contributed by atoms with Gasteiger partial charge in [0.1, 0.15) is 11.8 Å². The molecule has 5 nitrogen and oxygen atoms in total. The van der Waals surface area contributed by atoms with Gasteiger partial charge in [-0.1, -0.05) is 18.7 Å². The zero-order valence-corrected chi connectivity index (χ0v) is 13.3. The Balaban J connectivity index is 1.97. The highest BCUT2D eigenvalue weighted by atomic mass is 32.2. The maximum atomic E-state index is 12.1. The molecule has 20 heavy (non-hydrogen) atoms. The molecule has 0 spiro atoms. The zero-order valence-electron chi connectivity index (χ0n) is 12.4. The molecule has 1 aromatic heterocycles. The van der Waals surface area contributed by atoms with Crippen LogP contribution in [0.15, 0.2) is 15.9 Å². The minimum Gasteiger partial charge on any atom is -0.468 e. The number of rotatable bonds is 7. The molecule has 6 heteroatoms. The summed E-state index contributed by atoms with van der Waals surface area (Å²) < 4.78 is 10.3. The SMILES string of the molecule is COC(=O)C(C)(CC(C)Sc1nc(C)co1)NC1CC1. The Morgan fingerprint density at radius 3 is 2.90 bits per heavy atom. The number of hydrogen-bond donors (Lipinski definition) is 1. The molecule has 1 N–H and O–H groups in total. The lowest BCUT2D eigenvalue weighted by Crippen LogP contribution is -2.52. The molecule has 2 atom stereocenters. The largest absolute Gasteiger partial charge is 0.468 e. The third-order valence-corrected chi connectivity index (χ3v) is 4.29. The van der Waals surface area contributed by atoms with Crippen molar-refractivity contribution in [1.29, 1.82) is 0 Å². The molecular formula is C14H22N2O3S. The lowest BCUT2D eigenvalue weighted by Gasteiger charge is -2.30. The Labute approximate surface area is 123 Å². The standard InChI is InChI=1S/C14H22N2O3S/c1-9-8-19-13(15-9)20-10(2)7-14(3,12(17)18-4)16-11-5-6-11/h8,10-11,16H,5-7H2,1-4H3. The number of carbonyl (C=O) groups is 1. The average Bonchev–Trinajstić information content (AvgIpc) is 3.09. The van der Waals surface area contributed by atoms with Gasteiger partial charge in [-0.2, -0.15) is 0 Å². The molecular weight excluding hydrogens is 276 g/mol. The van der Waals surface area contributed by atoms with Crippen LogP contribution in [0.2, 0.25) is 0 Å². The van der Waals surface area contributed by atoms with Crippen LogP contribution in [0.5, 0.6) is 0 Å². The van der Waals surface area contributed by atoms with Crippen LogP contribution in [0, 0.1) is 6.92 Å². The van der Waals surface area contributed by atoms with Crippen LogP contribution < -0.4 is 5.32 Å². The second kappa shape index (κ2) is 6.18. The second-order valence-electron chi connectivity index (χ2n) is 5.63.